The molecule has 3 rings (SSSR count). The highest BCUT2D eigenvalue weighted by atomic mass is 35.5. The van der Waals surface area contributed by atoms with Crippen molar-refractivity contribution < 1.29 is 9.53 Å². The number of hydrogen-bond acceptors (Lipinski definition) is 3. The number of hydrogen-bond donors (Lipinski definition) is 1. The number of ether oxygens (including phenoxy) is 1. The molecule has 2 fully saturated rings. The number of nitrogens with one attached hydrogen (secondary N) is 1. The number of benzene rings is 1. The molecule has 0 radical (unpaired) electrons. The summed E-state index contributed by atoms with van der Waals surface area (Å²) in [5.74, 6) is 0.133. The van der Waals surface area contributed by atoms with Gasteiger partial charge in [0.15, 0.2) is 0 Å². The molecular weight excluding hydrogens is 324 g/mol. The summed E-state index contributed by atoms with van der Waals surface area (Å²) in [5, 5.41) is 3.99. The van der Waals surface area contributed by atoms with Crippen LogP contribution in [0.5, 0.6) is 0 Å². The normalized spacial score (nSPS) is 26.4. The van der Waals surface area contributed by atoms with E-state index in [9.17, 15) is 4.79 Å². The Hall–Kier alpha value is -1.10. The number of nitrogens with zero attached hydrogens (tertiary/aromatic N) is 1. The van der Waals surface area contributed by atoms with Crippen LogP contribution in [-0.2, 0) is 14.9 Å². The van der Waals surface area contributed by atoms with Crippen LogP contribution in [0.3, 0.4) is 0 Å². The first-order valence-corrected chi connectivity index (χ1v) is 9.18. The minimum atomic E-state index is -0.395. The van der Waals surface area contributed by atoms with Gasteiger partial charge in [-0.2, -0.15) is 0 Å². The lowest BCUT2D eigenvalue weighted by Gasteiger charge is -2.41. The Morgan fingerprint density at radius 3 is 2.46 bits per heavy atom. The monoisotopic (exact) mass is 350 g/mol. The maximum atomic E-state index is 13.1. The van der Waals surface area contributed by atoms with Crippen molar-refractivity contribution in [3.63, 3.8) is 0 Å². The lowest BCUT2D eigenvalue weighted by Crippen LogP contribution is -2.54. The zero-order valence-corrected chi connectivity index (χ0v) is 15.5. The Morgan fingerprint density at radius 2 is 1.96 bits per heavy atom. The average molecular weight is 351 g/mol. The molecule has 0 unspecified atom stereocenters. The fourth-order valence-corrected chi connectivity index (χ4v) is 3.98. The van der Waals surface area contributed by atoms with Gasteiger partial charge < -0.3 is 10.1 Å². The minimum Gasteiger partial charge on any atom is -0.378 e. The van der Waals surface area contributed by atoms with Crippen molar-refractivity contribution in [2.45, 2.75) is 56.7 Å². The van der Waals surface area contributed by atoms with Gasteiger partial charge in [0.2, 0.25) is 5.91 Å². The Morgan fingerprint density at radius 1 is 1.29 bits per heavy atom. The maximum absolute atomic E-state index is 13.1. The number of carbonyl (C=O) groups excluding carboxylic acids is 1. The predicted octanol–water partition coefficient (Wildman–Crippen LogP) is 2.99. The van der Waals surface area contributed by atoms with Crippen molar-refractivity contribution in [3.8, 4) is 0 Å². The van der Waals surface area contributed by atoms with E-state index in [2.05, 4.69) is 24.1 Å². The molecule has 2 atom stereocenters. The molecule has 1 aliphatic heterocycles. The number of rotatable bonds is 5. The highest BCUT2D eigenvalue weighted by Gasteiger charge is 2.47. The van der Waals surface area contributed by atoms with Gasteiger partial charge in [-0.15, -0.1) is 0 Å². The average Bonchev–Trinajstić information content (AvgIpc) is 2.91. The topological polar surface area (TPSA) is 41.6 Å². The quantitative estimate of drug-likeness (QED) is 0.887. The van der Waals surface area contributed by atoms with Crippen molar-refractivity contribution in [1.82, 2.24) is 10.2 Å². The second-order valence-electron chi connectivity index (χ2n) is 7.34. The highest BCUT2D eigenvalue weighted by Crippen LogP contribution is 2.44. The van der Waals surface area contributed by atoms with Gasteiger partial charge >= 0.3 is 0 Å². The molecule has 1 saturated carbocycles. The third-order valence-corrected chi connectivity index (χ3v) is 5.93. The van der Waals surface area contributed by atoms with Gasteiger partial charge in [0.1, 0.15) is 0 Å². The number of carbonyl (C=O) groups is 1. The summed E-state index contributed by atoms with van der Waals surface area (Å²) < 4.78 is 5.62. The number of amides is 1. The van der Waals surface area contributed by atoms with Gasteiger partial charge in [-0.05, 0) is 44.4 Å². The van der Waals surface area contributed by atoms with Gasteiger partial charge in [-0.3, -0.25) is 9.69 Å². The molecule has 1 N–H and O–H groups in total. The van der Waals surface area contributed by atoms with E-state index in [1.807, 2.05) is 24.3 Å². The Balaban J connectivity index is 1.74. The minimum absolute atomic E-state index is 0.0506. The molecule has 2 aliphatic rings. The molecule has 4 nitrogen and oxygen atoms in total. The van der Waals surface area contributed by atoms with Crippen molar-refractivity contribution in [1.29, 1.82) is 0 Å². The zero-order valence-electron chi connectivity index (χ0n) is 14.7. The Labute approximate surface area is 149 Å². The van der Waals surface area contributed by atoms with E-state index in [-0.39, 0.29) is 18.1 Å². The third kappa shape index (κ3) is 3.19. The van der Waals surface area contributed by atoms with E-state index < -0.39 is 5.41 Å². The molecule has 0 spiro atoms. The van der Waals surface area contributed by atoms with Gasteiger partial charge in [0.25, 0.3) is 0 Å². The fraction of sp³-hybridized carbons (Fsp3) is 0.632. The molecule has 1 aromatic rings. The molecule has 0 bridgehead atoms. The Bertz CT molecular complexity index is 584. The largest absolute Gasteiger partial charge is 0.378 e. The maximum Gasteiger partial charge on any atom is 0.231 e. The third-order valence-electron chi connectivity index (χ3n) is 5.68. The van der Waals surface area contributed by atoms with E-state index in [4.69, 9.17) is 16.3 Å². The summed E-state index contributed by atoms with van der Waals surface area (Å²) in [7, 11) is 1.73. The van der Waals surface area contributed by atoms with Crippen LogP contribution in [0.25, 0.3) is 0 Å². The Kier molecular flexibility index (Phi) is 5.19. The van der Waals surface area contributed by atoms with Crippen molar-refractivity contribution in [2.75, 3.05) is 20.2 Å². The summed E-state index contributed by atoms with van der Waals surface area (Å²) in [5.41, 5.74) is 0.678. The van der Waals surface area contributed by atoms with Crippen LogP contribution in [0.2, 0.25) is 5.02 Å². The van der Waals surface area contributed by atoms with Gasteiger partial charge in [-0.1, -0.05) is 30.2 Å². The first kappa shape index (κ1) is 17.7. The van der Waals surface area contributed by atoms with Crippen LogP contribution < -0.4 is 5.32 Å². The molecule has 1 aromatic carbocycles. The second kappa shape index (κ2) is 7.03. The fourth-order valence-electron chi connectivity index (χ4n) is 3.85. The molecule has 132 valence electrons. The smallest absolute Gasteiger partial charge is 0.231 e. The van der Waals surface area contributed by atoms with Crippen LogP contribution in [0, 0.1) is 0 Å². The molecule has 1 aliphatic carbocycles. The van der Waals surface area contributed by atoms with Crippen molar-refractivity contribution >= 4 is 17.5 Å². The lowest BCUT2D eigenvalue weighted by atomic mass is 9.63. The molecular formula is C19H27ClN2O2. The predicted molar refractivity (Wildman–Crippen MR) is 96.4 cm³/mol. The molecule has 1 amide bonds. The second-order valence-corrected chi connectivity index (χ2v) is 7.78. The van der Waals surface area contributed by atoms with Gasteiger partial charge in [0.05, 0.1) is 17.6 Å². The summed E-state index contributed by atoms with van der Waals surface area (Å²) in [6, 6.07) is 8.23. The molecule has 24 heavy (non-hydrogen) atoms. The standard InChI is InChI=1S/C19H27ClN2O2/c1-13(2)22-11-16(17(12-22)24-3)21-18(23)19(9-4-10-19)14-5-7-15(20)8-6-14/h5-8,13,16-17H,4,9-12H2,1-3H3,(H,21,23)/t16-,17-/m0/s1. The molecule has 5 heteroatoms. The summed E-state index contributed by atoms with van der Waals surface area (Å²) >= 11 is 6.00. The molecule has 0 aromatic heterocycles. The van der Waals surface area contributed by atoms with E-state index >= 15 is 0 Å². The van der Waals surface area contributed by atoms with E-state index in [0.29, 0.717) is 11.1 Å². The number of methoxy groups -OCH3 is 1. The van der Waals surface area contributed by atoms with Gasteiger partial charge in [-0.25, -0.2) is 0 Å². The summed E-state index contributed by atoms with van der Waals surface area (Å²) in [6.07, 6.45) is 2.95. The molecule has 1 heterocycles. The van der Waals surface area contributed by atoms with Crippen molar-refractivity contribution in [2.24, 2.45) is 0 Å². The number of likely N-dealkylation sites (tertiary alicyclic amines) is 1. The van der Waals surface area contributed by atoms with E-state index in [1.54, 1.807) is 7.11 Å². The molecule has 1 saturated heterocycles. The van der Waals surface area contributed by atoms with E-state index in [0.717, 1.165) is 37.9 Å². The van der Waals surface area contributed by atoms with Crippen molar-refractivity contribution in [3.05, 3.63) is 34.9 Å². The summed E-state index contributed by atoms with van der Waals surface area (Å²) in [6.45, 7) is 6.07. The van der Waals surface area contributed by atoms with Crippen LogP contribution in [0.1, 0.15) is 38.7 Å². The highest BCUT2D eigenvalue weighted by molar-refractivity contribution is 6.30. The van der Waals surface area contributed by atoms with Crippen LogP contribution in [0.4, 0.5) is 0 Å². The SMILES string of the molecule is CO[C@H]1CN(C(C)C)C[C@@H]1NC(=O)C1(c2ccc(Cl)cc2)CCC1. The van der Waals surface area contributed by atoms with Crippen LogP contribution >= 0.6 is 11.6 Å². The first-order valence-electron chi connectivity index (χ1n) is 8.80. The van der Waals surface area contributed by atoms with Gasteiger partial charge in [0, 0.05) is 31.3 Å². The number of halogens is 1. The zero-order chi connectivity index (χ0) is 17.3. The first-order chi connectivity index (χ1) is 11.5. The van der Waals surface area contributed by atoms with E-state index in [1.165, 1.54) is 0 Å². The van der Waals surface area contributed by atoms with Crippen LogP contribution in [-0.4, -0.2) is 49.2 Å². The lowest BCUT2D eigenvalue weighted by molar-refractivity contribution is -0.131. The van der Waals surface area contributed by atoms with Crippen LogP contribution in [0.15, 0.2) is 24.3 Å². The summed E-state index contributed by atoms with van der Waals surface area (Å²) in [4.78, 5) is 15.5.